The van der Waals surface area contributed by atoms with Crippen LogP contribution in [-0.2, 0) is 29.5 Å². The SMILES string of the molecule is Cc1coc2cc3n(c(=O)c12)CCC31C(=O)N(Cc2ccc(C(F)(F)F)o2)C2(C)CC=CC=C12. The van der Waals surface area contributed by atoms with E-state index in [1.165, 1.54) is 12.3 Å². The number of aryl methyl sites for hydroxylation is 1. The molecule has 1 aliphatic carbocycles. The lowest BCUT2D eigenvalue weighted by Crippen LogP contribution is -2.44. The number of carbonyl (C=O) groups excluding carboxylic acids is 1. The van der Waals surface area contributed by atoms with Crippen molar-refractivity contribution in [3.63, 3.8) is 0 Å². The van der Waals surface area contributed by atoms with E-state index >= 15 is 0 Å². The second-order valence-electron chi connectivity index (χ2n) is 9.44. The smallest absolute Gasteiger partial charge is 0.449 e. The third-order valence-electron chi connectivity index (χ3n) is 7.58. The van der Waals surface area contributed by atoms with Gasteiger partial charge in [0, 0.05) is 23.9 Å². The number of halogens is 3. The lowest BCUT2D eigenvalue weighted by molar-refractivity contribution is -0.153. The molecule has 6 rings (SSSR count). The predicted octanol–water partition coefficient (Wildman–Crippen LogP) is 4.84. The van der Waals surface area contributed by atoms with Gasteiger partial charge in [-0.2, -0.15) is 13.2 Å². The highest BCUT2D eigenvalue weighted by Gasteiger charge is 2.64. The average molecular weight is 470 g/mol. The first-order valence-corrected chi connectivity index (χ1v) is 11.1. The Kier molecular flexibility index (Phi) is 4.06. The minimum atomic E-state index is -4.60. The maximum absolute atomic E-state index is 14.2. The minimum absolute atomic E-state index is 0.0559. The molecule has 3 aromatic heterocycles. The van der Waals surface area contributed by atoms with Crippen molar-refractivity contribution in [3.05, 3.63) is 81.4 Å². The Labute approximate surface area is 191 Å². The van der Waals surface area contributed by atoms with Gasteiger partial charge in [0.2, 0.25) is 11.7 Å². The van der Waals surface area contributed by atoms with Crippen LogP contribution in [0.5, 0.6) is 0 Å². The van der Waals surface area contributed by atoms with Crippen LogP contribution in [0.2, 0.25) is 0 Å². The number of aromatic nitrogens is 1. The highest BCUT2D eigenvalue weighted by molar-refractivity contribution is 5.98. The van der Waals surface area contributed by atoms with Gasteiger partial charge in [0.1, 0.15) is 16.8 Å². The number of rotatable bonds is 2. The highest BCUT2D eigenvalue weighted by atomic mass is 19.4. The van der Waals surface area contributed by atoms with Crippen molar-refractivity contribution in [1.82, 2.24) is 9.47 Å². The summed E-state index contributed by atoms with van der Waals surface area (Å²) in [6, 6.07) is 3.91. The summed E-state index contributed by atoms with van der Waals surface area (Å²) in [5.74, 6) is -1.29. The molecule has 3 aliphatic rings. The van der Waals surface area contributed by atoms with Gasteiger partial charge in [0.25, 0.3) is 5.56 Å². The van der Waals surface area contributed by atoms with E-state index < -0.39 is 22.9 Å². The zero-order chi connectivity index (χ0) is 24.0. The van der Waals surface area contributed by atoms with Gasteiger partial charge in [-0.25, -0.2) is 0 Å². The maximum Gasteiger partial charge on any atom is 0.449 e. The molecule has 0 radical (unpaired) electrons. The van der Waals surface area contributed by atoms with Crippen molar-refractivity contribution in [2.45, 2.75) is 56.9 Å². The zero-order valence-corrected chi connectivity index (χ0v) is 18.5. The summed E-state index contributed by atoms with van der Waals surface area (Å²) in [6.45, 7) is 3.98. The number of nitrogens with zero attached hydrogens (tertiary/aromatic N) is 2. The van der Waals surface area contributed by atoms with E-state index in [9.17, 15) is 22.8 Å². The predicted molar refractivity (Wildman–Crippen MR) is 116 cm³/mol. The van der Waals surface area contributed by atoms with Gasteiger partial charge in [-0.05, 0) is 44.4 Å². The van der Waals surface area contributed by atoms with Gasteiger partial charge >= 0.3 is 6.18 Å². The third kappa shape index (κ3) is 2.52. The maximum atomic E-state index is 14.2. The van der Waals surface area contributed by atoms with Crippen LogP contribution >= 0.6 is 0 Å². The highest BCUT2D eigenvalue weighted by Crippen LogP contribution is 2.56. The summed E-state index contributed by atoms with van der Waals surface area (Å²) >= 11 is 0. The van der Waals surface area contributed by atoms with E-state index in [4.69, 9.17) is 8.83 Å². The van der Waals surface area contributed by atoms with Gasteiger partial charge in [-0.3, -0.25) is 9.59 Å². The number of amides is 1. The largest absolute Gasteiger partial charge is 0.464 e. The Morgan fingerprint density at radius 1 is 1.21 bits per heavy atom. The fraction of sp³-hybridized carbons (Fsp3) is 0.360. The Morgan fingerprint density at radius 3 is 2.74 bits per heavy atom. The van der Waals surface area contributed by atoms with Crippen molar-refractivity contribution in [2.75, 3.05) is 0 Å². The molecule has 1 amide bonds. The molecule has 9 heteroatoms. The summed E-state index contributed by atoms with van der Waals surface area (Å²) in [6.07, 6.45) is 3.56. The Hall–Kier alpha value is -3.49. The summed E-state index contributed by atoms with van der Waals surface area (Å²) < 4.78 is 51.5. The van der Waals surface area contributed by atoms with Crippen molar-refractivity contribution in [3.8, 4) is 0 Å². The molecule has 3 aromatic rings. The molecule has 0 saturated carbocycles. The number of pyridine rings is 1. The molecule has 6 nitrogen and oxygen atoms in total. The molecular weight excluding hydrogens is 449 g/mol. The van der Waals surface area contributed by atoms with Crippen LogP contribution in [0, 0.1) is 6.92 Å². The summed E-state index contributed by atoms with van der Waals surface area (Å²) in [5, 5.41) is 0.499. The number of alkyl halides is 3. The molecule has 0 N–H and O–H groups in total. The number of hydrogen-bond acceptors (Lipinski definition) is 4. The quantitative estimate of drug-likeness (QED) is 0.537. The van der Waals surface area contributed by atoms with E-state index in [0.29, 0.717) is 36.0 Å². The van der Waals surface area contributed by atoms with Gasteiger partial charge < -0.3 is 18.3 Å². The molecule has 2 aliphatic heterocycles. The van der Waals surface area contributed by atoms with E-state index in [0.717, 1.165) is 17.2 Å². The van der Waals surface area contributed by atoms with Gasteiger partial charge in [0.05, 0.1) is 23.7 Å². The first-order chi connectivity index (χ1) is 16.1. The fourth-order valence-corrected chi connectivity index (χ4v) is 5.96. The Morgan fingerprint density at radius 2 is 2.00 bits per heavy atom. The molecule has 1 saturated heterocycles. The number of hydrogen-bond donors (Lipinski definition) is 0. The van der Waals surface area contributed by atoms with Crippen LogP contribution in [0.25, 0.3) is 11.0 Å². The third-order valence-corrected chi connectivity index (χ3v) is 7.58. The summed E-state index contributed by atoms with van der Waals surface area (Å²) in [7, 11) is 0. The lowest BCUT2D eigenvalue weighted by atomic mass is 9.70. The van der Waals surface area contributed by atoms with Gasteiger partial charge in [-0.15, -0.1) is 0 Å². The van der Waals surface area contributed by atoms with Crippen molar-refractivity contribution in [1.29, 1.82) is 0 Å². The van der Waals surface area contributed by atoms with E-state index in [1.807, 2.05) is 25.2 Å². The van der Waals surface area contributed by atoms with Crippen LogP contribution in [0.4, 0.5) is 13.2 Å². The first kappa shape index (κ1) is 21.1. The number of likely N-dealkylation sites (tertiary alicyclic amines) is 1. The number of allylic oxidation sites excluding steroid dienone is 2. The second kappa shape index (κ2) is 6.55. The normalized spacial score (nSPS) is 26.0. The molecule has 1 spiro atoms. The van der Waals surface area contributed by atoms with Gasteiger partial charge in [-0.1, -0.05) is 18.2 Å². The van der Waals surface area contributed by atoms with E-state index in [1.54, 1.807) is 22.5 Å². The molecule has 2 atom stereocenters. The monoisotopic (exact) mass is 470 g/mol. The molecule has 5 heterocycles. The number of furan rings is 2. The molecule has 1 fully saturated rings. The standard InChI is InChI=1S/C25H21F3N2O4/c1-14-13-33-16-11-18-24(9-10-29(18)21(31)20(14)16)17-5-3-4-8-23(17,2)30(22(24)32)12-15-6-7-19(34-15)25(26,27)28/h3-7,11,13H,8-10,12H2,1-2H3. The second-order valence-corrected chi connectivity index (χ2v) is 9.44. The molecule has 176 valence electrons. The molecule has 0 bridgehead atoms. The lowest BCUT2D eigenvalue weighted by Gasteiger charge is -2.36. The minimum Gasteiger partial charge on any atom is -0.464 e. The van der Waals surface area contributed by atoms with Crippen LogP contribution in [0.1, 0.15) is 42.5 Å². The topological polar surface area (TPSA) is 68.6 Å². The zero-order valence-electron chi connectivity index (χ0n) is 18.5. The summed E-state index contributed by atoms with van der Waals surface area (Å²) in [5.41, 5.74) is 0.507. The fourth-order valence-electron chi connectivity index (χ4n) is 5.96. The molecule has 0 aromatic carbocycles. The number of carbonyl (C=O) groups is 1. The van der Waals surface area contributed by atoms with Crippen LogP contribution in [0.3, 0.4) is 0 Å². The number of fused-ring (bicyclic) bond motifs is 5. The molecular formula is C25H21F3N2O4. The van der Waals surface area contributed by atoms with Gasteiger partial charge in [0.15, 0.2) is 0 Å². The Balaban J connectivity index is 1.51. The average Bonchev–Trinajstić information content (AvgIpc) is 3.52. The van der Waals surface area contributed by atoms with Crippen molar-refractivity contribution < 1.29 is 26.8 Å². The first-order valence-electron chi connectivity index (χ1n) is 11.1. The van der Waals surface area contributed by atoms with E-state index in [2.05, 4.69) is 0 Å². The van der Waals surface area contributed by atoms with E-state index in [-0.39, 0.29) is 23.8 Å². The van der Waals surface area contributed by atoms with Crippen LogP contribution in [-0.4, -0.2) is 20.9 Å². The van der Waals surface area contributed by atoms with Crippen molar-refractivity contribution >= 4 is 16.9 Å². The van der Waals surface area contributed by atoms with Crippen LogP contribution < -0.4 is 5.56 Å². The molecule has 2 unspecified atom stereocenters. The summed E-state index contributed by atoms with van der Waals surface area (Å²) in [4.78, 5) is 29.0. The Bertz CT molecular complexity index is 1490. The van der Waals surface area contributed by atoms with Crippen molar-refractivity contribution in [2.24, 2.45) is 0 Å². The molecule has 34 heavy (non-hydrogen) atoms. The van der Waals surface area contributed by atoms with Crippen LogP contribution in [0.15, 0.2) is 61.9 Å².